The summed E-state index contributed by atoms with van der Waals surface area (Å²) in [7, 11) is 0. The van der Waals surface area contributed by atoms with Gasteiger partial charge < -0.3 is 23.7 Å². The van der Waals surface area contributed by atoms with Gasteiger partial charge >= 0.3 is 17.9 Å². The van der Waals surface area contributed by atoms with Crippen LogP contribution in [0.2, 0.25) is 0 Å². The van der Waals surface area contributed by atoms with Gasteiger partial charge in [0.2, 0.25) is 0 Å². The van der Waals surface area contributed by atoms with E-state index in [9.17, 15) is 14.4 Å². The fraction of sp³-hybridized carbons (Fsp3) is 0.321. The van der Waals surface area contributed by atoms with Crippen molar-refractivity contribution in [2.45, 2.75) is 47.0 Å². The molecule has 0 unspecified atom stereocenters. The zero-order chi connectivity index (χ0) is 27.6. The molecule has 0 aliphatic rings. The van der Waals surface area contributed by atoms with Crippen molar-refractivity contribution < 1.29 is 38.1 Å². The molecule has 0 bridgehead atoms. The first-order valence-electron chi connectivity index (χ1n) is 11.4. The number of benzene rings is 2. The summed E-state index contributed by atoms with van der Waals surface area (Å²) in [6, 6.07) is 13.4. The van der Waals surface area contributed by atoms with Crippen LogP contribution in [-0.4, -0.2) is 31.1 Å². The highest BCUT2D eigenvalue weighted by molar-refractivity contribution is 6.25. The first kappa shape index (κ1) is 29.5. The number of esters is 3. The molecule has 0 atom stereocenters. The summed E-state index contributed by atoms with van der Waals surface area (Å²) < 4.78 is 26.2. The van der Waals surface area contributed by atoms with E-state index in [0.29, 0.717) is 11.5 Å². The molecule has 0 aliphatic heterocycles. The van der Waals surface area contributed by atoms with Crippen LogP contribution in [-0.2, 0) is 34.0 Å². The number of halogens is 1. The van der Waals surface area contributed by atoms with E-state index < -0.39 is 17.9 Å². The molecule has 8 nitrogen and oxygen atoms in total. The molecule has 0 saturated heterocycles. The molecule has 0 radical (unpaired) electrons. The monoisotopic (exact) mass is 530 g/mol. The summed E-state index contributed by atoms with van der Waals surface area (Å²) in [4.78, 5) is 33.4. The molecule has 0 N–H and O–H groups in total. The maximum absolute atomic E-state index is 11.3. The highest BCUT2D eigenvalue weighted by atomic mass is 35.5. The van der Waals surface area contributed by atoms with Crippen LogP contribution in [0.3, 0.4) is 0 Å². The van der Waals surface area contributed by atoms with Crippen molar-refractivity contribution >= 4 is 29.5 Å². The van der Waals surface area contributed by atoms with Gasteiger partial charge in [0.15, 0.2) is 11.5 Å². The lowest BCUT2D eigenvalue weighted by molar-refractivity contribution is -0.140. The van der Waals surface area contributed by atoms with Crippen LogP contribution in [0.1, 0.15) is 51.3 Å². The third-order valence-corrected chi connectivity index (χ3v) is 5.49. The third-order valence-electron chi connectivity index (χ3n) is 5.25. The van der Waals surface area contributed by atoms with Gasteiger partial charge in [-0.15, -0.1) is 0 Å². The van der Waals surface area contributed by atoms with Gasteiger partial charge in [-0.1, -0.05) is 49.7 Å². The summed E-state index contributed by atoms with van der Waals surface area (Å²) in [5.74, 6) is -0.0539. The molecular weight excluding hydrogens is 500 g/mol. The second-order valence-corrected chi connectivity index (χ2v) is 8.88. The molecule has 0 amide bonds. The van der Waals surface area contributed by atoms with Gasteiger partial charge in [0.1, 0.15) is 31.0 Å². The quantitative estimate of drug-likeness (QED) is 0.208. The molecule has 0 aliphatic carbocycles. The molecule has 9 heteroatoms. The Bertz CT molecular complexity index is 1180. The van der Waals surface area contributed by atoms with E-state index in [-0.39, 0.29) is 30.1 Å². The number of hydrogen-bond acceptors (Lipinski definition) is 8. The lowest BCUT2D eigenvalue weighted by Crippen LogP contribution is -2.19. The number of ether oxygens (including phenoxy) is 5. The van der Waals surface area contributed by atoms with Gasteiger partial charge in [0.05, 0.1) is 0 Å². The fourth-order valence-electron chi connectivity index (χ4n) is 3.33. The van der Waals surface area contributed by atoms with Crippen molar-refractivity contribution in [1.29, 1.82) is 0 Å². The minimum Gasteiger partial charge on any atom is -0.486 e. The molecule has 0 fully saturated rings. The summed E-state index contributed by atoms with van der Waals surface area (Å²) in [5.41, 5.74) is 3.87. The number of carbonyl (C=O) groups is 3. The topological polar surface area (TPSA) is 97.4 Å². The number of hydrogen-bond donors (Lipinski definition) is 0. The van der Waals surface area contributed by atoms with Crippen molar-refractivity contribution in [1.82, 2.24) is 0 Å². The first-order valence-corrected chi connectivity index (χ1v) is 11.9. The normalized spacial score (nSPS) is 12.0. The van der Waals surface area contributed by atoms with Crippen LogP contribution in [0.4, 0.5) is 0 Å². The van der Waals surface area contributed by atoms with Crippen molar-refractivity contribution in [3.63, 3.8) is 0 Å². The largest absolute Gasteiger partial charge is 0.486 e. The molecule has 2 aromatic carbocycles. The van der Waals surface area contributed by atoms with Crippen molar-refractivity contribution in [3.8, 4) is 11.5 Å². The van der Waals surface area contributed by atoms with E-state index in [1.165, 1.54) is 26.3 Å². The van der Waals surface area contributed by atoms with Crippen LogP contribution >= 0.6 is 11.6 Å². The Morgan fingerprint density at radius 3 is 1.92 bits per heavy atom. The van der Waals surface area contributed by atoms with Gasteiger partial charge in [-0.2, -0.15) is 0 Å². The number of carbonyl (C=O) groups excluding carboxylic acids is 3. The predicted molar refractivity (Wildman–Crippen MR) is 138 cm³/mol. The van der Waals surface area contributed by atoms with Crippen LogP contribution in [0, 0.1) is 6.92 Å². The third kappa shape index (κ3) is 9.31. The lowest BCUT2D eigenvalue weighted by Gasteiger charge is -2.27. The highest BCUT2D eigenvalue weighted by Gasteiger charge is 2.24. The minimum absolute atomic E-state index is 0.0311. The van der Waals surface area contributed by atoms with Crippen LogP contribution < -0.4 is 9.47 Å². The van der Waals surface area contributed by atoms with Crippen molar-refractivity contribution in [2.75, 3.05) is 13.2 Å². The Morgan fingerprint density at radius 2 is 1.38 bits per heavy atom. The number of rotatable bonds is 11. The Kier molecular flexibility index (Phi) is 10.8. The Balaban J connectivity index is 2.10. The maximum Gasteiger partial charge on any atom is 0.307 e. The smallest absolute Gasteiger partial charge is 0.307 e. The van der Waals surface area contributed by atoms with E-state index in [1.807, 2.05) is 49.4 Å². The van der Waals surface area contributed by atoms with Gasteiger partial charge in [0.25, 0.3) is 0 Å². The van der Waals surface area contributed by atoms with Gasteiger partial charge in [-0.25, -0.2) is 0 Å². The molecule has 0 spiro atoms. The molecular formula is C28H31ClO8. The van der Waals surface area contributed by atoms with E-state index in [4.69, 9.17) is 35.3 Å². The van der Waals surface area contributed by atoms with Crippen LogP contribution in [0.25, 0.3) is 0 Å². The lowest BCUT2D eigenvalue weighted by atomic mass is 9.77. The Morgan fingerprint density at radius 1 is 0.811 bits per heavy atom. The number of aryl methyl sites for hydroxylation is 1. The zero-order valence-corrected chi connectivity index (χ0v) is 22.5. The van der Waals surface area contributed by atoms with Crippen LogP contribution in [0.5, 0.6) is 11.5 Å². The Hall–Kier alpha value is -3.78. The molecule has 0 heterocycles. The average molecular weight is 531 g/mol. The second kappa shape index (κ2) is 13.5. The molecule has 2 aromatic rings. The minimum atomic E-state index is -0.550. The van der Waals surface area contributed by atoms with E-state index in [0.717, 1.165) is 23.0 Å². The second-order valence-electron chi connectivity index (χ2n) is 8.66. The summed E-state index contributed by atoms with van der Waals surface area (Å²) in [6.45, 7) is 9.87. The fourth-order valence-corrected chi connectivity index (χ4v) is 3.43. The molecule has 2 rings (SSSR count). The van der Waals surface area contributed by atoms with Gasteiger partial charge in [-0.3, -0.25) is 14.4 Å². The summed E-state index contributed by atoms with van der Waals surface area (Å²) >= 11 is 5.69. The molecule has 0 aromatic heterocycles. The standard InChI is InChI=1S/C28H31ClO8/c1-18-13-23(9-12-27(18)35-15-25(14-29)36-20(3)31)28(5,6)22-7-10-24(11-8-22)34-17-26(37-21(4)32)16-33-19(2)30/h7-14,16H,15,17H2,1-6H3/b25-14-,26-16-. The van der Waals surface area contributed by atoms with E-state index >= 15 is 0 Å². The Labute approximate surface area is 221 Å². The molecule has 198 valence electrons. The summed E-state index contributed by atoms with van der Waals surface area (Å²) in [6.07, 6.45) is 1.06. The van der Waals surface area contributed by atoms with Gasteiger partial charge in [-0.05, 0) is 41.8 Å². The zero-order valence-electron chi connectivity index (χ0n) is 21.8. The molecule has 37 heavy (non-hydrogen) atoms. The van der Waals surface area contributed by atoms with E-state index in [1.54, 1.807) is 0 Å². The maximum atomic E-state index is 11.3. The van der Waals surface area contributed by atoms with Crippen molar-refractivity contribution in [2.24, 2.45) is 0 Å². The highest BCUT2D eigenvalue weighted by Crippen LogP contribution is 2.35. The first-order chi connectivity index (χ1) is 17.4. The van der Waals surface area contributed by atoms with E-state index in [2.05, 4.69) is 13.8 Å². The van der Waals surface area contributed by atoms with Gasteiger partial charge in [0, 0.05) is 31.7 Å². The predicted octanol–water partition coefficient (Wildman–Crippen LogP) is 5.69. The van der Waals surface area contributed by atoms with Crippen LogP contribution in [0.15, 0.2) is 65.8 Å². The molecule has 0 saturated carbocycles. The average Bonchev–Trinajstić information content (AvgIpc) is 2.83. The summed E-state index contributed by atoms with van der Waals surface area (Å²) in [5, 5.41) is 0. The van der Waals surface area contributed by atoms with Crippen molar-refractivity contribution in [3.05, 3.63) is 82.5 Å². The SMILES string of the molecule is CC(=O)O/C=C(/COc1ccc(C(C)(C)c2ccc(OC/C(=C/Cl)OC(C)=O)c(C)c2)cc1)OC(C)=O.